The van der Waals surface area contributed by atoms with Crippen molar-refractivity contribution in [2.45, 2.75) is 64.8 Å². The SMILES string of the molecule is CC(C)(C)n1ccc(C(=O)N2CCC3(CCC(=O)N(CC4CC4)C3)CC2)c1. The van der Waals surface area contributed by atoms with Gasteiger partial charge in [0.25, 0.3) is 5.91 Å². The number of likely N-dealkylation sites (tertiary alicyclic amines) is 2. The summed E-state index contributed by atoms with van der Waals surface area (Å²) in [5.41, 5.74) is 1.01. The third kappa shape index (κ3) is 3.92. The molecule has 4 rings (SSSR count). The first-order valence-corrected chi connectivity index (χ1v) is 10.5. The Bertz CT molecular complexity index is 718. The molecule has 148 valence electrons. The lowest BCUT2D eigenvalue weighted by atomic mass is 9.72. The Morgan fingerprint density at radius 1 is 1.19 bits per heavy atom. The average Bonchev–Trinajstić information content (AvgIpc) is 3.29. The lowest BCUT2D eigenvalue weighted by Crippen LogP contribution is -2.52. The van der Waals surface area contributed by atoms with Crippen molar-refractivity contribution in [1.29, 1.82) is 0 Å². The van der Waals surface area contributed by atoms with Crippen LogP contribution < -0.4 is 0 Å². The zero-order valence-corrected chi connectivity index (χ0v) is 17.0. The highest BCUT2D eigenvalue weighted by Crippen LogP contribution is 2.42. The minimum Gasteiger partial charge on any atom is -0.348 e. The highest BCUT2D eigenvalue weighted by Gasteiger charge is 2.42. The Hall–Kier alpha value is -1.78. The summed E-state index contributed by atoms with van der Waals surface area (Å²) in [6.45, 7) is 9.92. The van der Waals surface area contributed by atoms with E-state index in [9.17, 15) is 9.59 Å². The van der Waals surface area contributed by atoms with Crippen LogP contribution in [0, 0.1) is 11.3 Å². The Labute approximate surface area is 162 Å². The van der Waals surface area contributed by atoms with Crippen LogP contribution in [0.4, 0.5) is 0 Å². The van der Waals surface area contributed by atoms with Gasteiger partial charge >= 0.3 is 0 Å². The fraction of sp³-hybridized carbons (Fsp3) is 0.727. The van der Waals surface area contributed by atoms with Crippen LogP contribution in [0.25, 0.3) is 0 Å². The van der Waals surface area contributed by atoms with Gasteiger partial charge in [-0.1, -0.05) is 0 Å². The van der Waals surface area contributed by atoms with Crippen molar-refractivity contribution in [3.05, 3.63) is 24.0 Å². The monoisotopic (exact) mass is 371 g/mol. The molecule has 3 fully saturated rings. The predicted octanol–water partition coefficient (Wildman–Crippen LogP) is 3.50. The lowest BCUT2D eigenvalue weighted by Gasteiger charge is -2.47. The summed E-state index contributed by atoms with van der Waals surface area (Å²) in [6, 6.07) is 1.94. The molecule has 0 N–H and O–H groups in total. The summed E-state index contributed by atoms with van der Waals surface area (Å²) in [4.78, 5) is 29.3. The van der Waals surface area contributed by atoms with E-state index in [4.69, 9.17) is 0 Å². The molecular formula is C22H33N3O2. The maximum absolute atomic E-state index is 12.9. The van der Waals surface area contributed by atoms with Crippen molar-refractivity contribution < 1.29 is 9.59 Å². The molecule has 3 heterocycles. The standard InChI is InChI=1S/C22H33N3O2/c1-21(2,3)25-11-7-18(15-25)20(27)23-12-9-22(10-13-23)8-6-19(26)24(16-22)14-17-4-5-17/h7,11,15,17H,4-6,8-10,12-14,16H2,1-3H3. The molecule has 1 aromatic rings. The Morgan fingerprint density at radius 3 is 2.48 bits per heavy atom. The lowest BCUT2D eigenvalue weighted by molar-refractivity contribution is -0.139. The molecule has 0 bridgehead atoms. The Balaban J connectivity index is 1.37. The molecule has 2 saturated heterocycles. The number of carbonyl (C=O) groups is 2. The number of hydrogen-bond donors (Lipinski definition) is 0. The van der Waals surface area contributed by atoms with Gasteiger partial charge in [0.15, 0.2) is 0 Å². The van der Waals surface area contributed by atoms with Crippen LogP contribution in [0.1, 0.15) is 69.7 Å². The first-order chi connectivity index (χ1) is 12.8. The molecule has 27 heavy (non-hydrogen) atoms. The molecule has 1 saturated carbocycles. The fourth-order valence-electron chi connectivity index (χ4n) is 4.60. The summed E-state index contributed by atoms with van der Waals surface area (Å²) in [5.74, 6) is 1.24. The molecular weight excluding hydrogens is 338 g/mol. The topological polar surface area (TPSA) is 45.6 Å². The van der Waals surface area contributed by atoms with E-state index in [-0.39, 0.29) is 16.9 Å². The number of piperidine rings is 2. The quantitative estimate of drug-likeness (QED) is 0.816. The van der Waals surface area contributed by atoms with Gasteiger partial charge in [-0.05, 0) is 70.3 Å². The predicted molar refractivity (Wildman–Crippen MR) is 106 cm³/mol. The van der Waals surface area contributed by atoms with Crippen LogP contribution in [0.2, 0.25) is 0 Å². The van der Waals surface area contributed by atoms with E-state index in [0.717, 1.165) is 56.9 Å². The van der Waals surface area contributed by atoms with Crippen molar-refractivity contribution in [3.63, 3.8) is 0 Å². The van der Waals surface area contributed by atoms with Gasteiger partial charge in [0.05, 0.1) is 5.56 Å². The van der Waals surface area contributed by atoms with Gasteiger partial charge in [-0.15, -0.1) is 0 Å². The van der Waals surface area contributed by atoms with Gasteiger partial charge in [-0.2, -0.15) is 0 Å². The third-order valence-corrected chi connectivity index (χ3v) is 6.75. The normalized spacial score (nSPS) is 23.1. The Morgan fingerprint density at radius 2 is 1.89 bits per heavy atom. The molecule has 1 aliphatic carbocycles. The average molecular weight is 372 g/mol. The molecule has 1 spiro atoms. The molecule has 0 unspecified atom stereocenters. The van der Waals surface area contributed by atoms with Crippen LogP contribution in [-0.2, 0) is 10.3 Å². The van der Waals surface area contributed by atoms with Crippen molar-refractivity contribution in [1.82, 2.24) is 14.4 Å². The molecule has 2 aliphatic heterocycles. The summed E-state index contributed by atoms with van der Waals surface area (Å²) in [6.07, 6.45) is 10.3. The number of amides is 2. The molecule has 1 aromatic heterocycles. The third-order valence-electron chi connectivity index (χ3n) is 6.75. The van der Waals surface area contributed by atoms with Crippen LogP contribution in [0.5, 0.6) is 0 Å². The van der Waals surface area contributed by atoms with Crippen LogP contribution in [0.15, 0.2) is 18.5 Å². The van der Waals surface area contributed by atoms with Gasteiger partial charge in [0.1, 0.15) is 0 Å². The molecule has 5 heteroatoms. The number of carbonyl (C=O) groups excluding carboxylic acids is 2. The van der Waals surface area contributed by atoms with E-state index < -0.39 is 0 Å². The molecule has 5 nitrogen and oxygen atoms in total. The summed E-state index contributed by atoms with van der Waals surface area (Å²) in [7, 11) is 0. The maximum Gasteiger partial charge on any atom is 0.255 e. The molecule has 0 atom stereocenters. The van der Waals surface area contributed by atoms with E-state index in [1.165, 1.54) is 12.8 Å². The van der Waals surface area contributed by atoms with Gasteiger partial charge in [-0.25, -0.2) is 0 Å². The second-order valence-corrected chi connectivity index (χ2v) is 9.99. The minimum absolute atomic E-state index is 0.00978. The van der Waals surface area contributed by atoms with Gasteiger partial charge in [-0.3, -0.25) is 9.59 Å². The van der Waals surface area contributed by atoms with Crippen molar-refractivity contribution >= 4 is 11.8 Å². The molecule has 0 aromatic carbocycles. The Kier molecular flexibility index (Phi) is 4.59. The van der Waals surface area contributed by atoms with Crippen LogP contribution in [-0.4, -0.2) is 52.4 Å². The number of hydrogen-bond acceptors (Lipinski definition) is 2. The summed E-state index contributed by atoms with van der Waals surface area (Å²) >= 11 is 0. The molecule has 2 amide bonds. The highest BCUT2D eigenvalue weighted by atomic mass is 16.2. The number of nitrogens with zero attached hydrogens (tertiary/aromatic N) is 3. The molecule has 3 aliphatic rings. The van der Waals surface area contributed by atoms with E-state index in [1.807, 2.05) is 23.4 Å². The number of rotatable bonds is 3. The first kappa shape index (κ1) is 18.6. The fourth-order valence-corrected chi connectivity index (χ4v) is 4.60. The van der Waals surface area contributed by atoms with Crippen molar-refractivity contribution in [3.8, 4) is 0 Å². The smallest absolute Gasteiger partial charge is 0.255 e. The van der Waals surface area contributed by atoms with E-state index >= 15 is 0 Å². The largest absolute Gasteiger partial charge is 0.348 e. The minimum atomic E-state index is -0.00978. The van der Waals surface area contributed by atoms with Gasteiger partial charge in [0.2, 0.25) is 5.91 Å². The first-order valence-electron chi connectivity index (χ1n) is 10.5. The van der Waals surface area contributed by atoms with Crippen LogP contribution in [0.3, 0.4) is 0 Å². The van der Waals surface area contributed by atoms with E-state index in [0.29, 0.717) is 12.3 Å². The molecule has 0 radical (unpaired) electrons. The second-order valence-electron chi connectivity index (χ2n) is 9.99. The van der Waals surface area contributed by atoms with E-state index in [2.05, 4.69) is 30.2 Å². The van der Waals surface area contributed by atoms with Gasteiger partial charge in [0, 0.05) is 50.5 Å². The zero-order valence-electron chi connectivity index (χ0n) is 17.0. The van der Waals surface area contributed by atoms with E-state index in [1.54, 1.807) is 0 Å². The second kappa shape index (κ2) is 6.68. The number of aromatic nitrogens is 1. The van der Waals surface area contributed by atoms with Crippen molar-refractivity contribution in [2.24, 2.45) is 11.3 Å². The zero-order chi connectivity index (χ0) is 19.2. The maximum atomic E-state index is 12.9. The van der Waals surface area contributed by atoms with Crippen molar-refractivity contribution in [2.75, 3.05) is 26.2 Å². The summed E-state index contributed by atoms with van der Waals surface area (Å²) < 4.78 is 2.11. The van der Waals surface area contributed by atoms with Gasteiger partial charge < -0.3 is 14.4 Å². The highest BCUT2D eigenvalue weighted by molar-refractivity contribution is 5.94. The summed E-state index contributed by atoms with van der Waals surface area (Å²) in [5, 5.41) is 0. The van der Waals surface area contributed by atoms with Crippen LogP contribution >= 0.6 is 0 Å².